The quantitative estimate of drug-likeness (QED) is 0.0771. The third-order valence-electron chi connectivity index (χ3n) is 8.62. The van der Waals surface area contributed by atoms with E-state index in [0.29, 0.717) is 39.0 Å². The molecule has 0 rings (SSSR count). The molecule has 1 atom stereocenters. The molecule has 0 aromatic carbocycles. The predicted octanol–water partition coefficient (Wildman–Crippen LogP) is 7.26. The number of ether oxygens (including phenoxy) is 1. The van der Waals surface area contributed by atoms with Crippen LogP contribution < -0.4 is 0 Å². The number of aliphatic carboxylic acids is 2. The molecule has 0 bridgehead atoms. The topological polar surface area (TPSA) is 142 Å². The Bertz CT molecular complexity index is 871. The standard InChI is InChI=1S/C36H66N2O8/c1-36(2,3)31(39)26-28-46-29-27-37(4)32(40)25-24-30(35(44)45)38(5)33(41)22-20-18-16-14-12-10-8-6-7-9-11-13-15-17-19-21-23-34(42)43/h30H,6-29H2,1-5H3,(H,42,43)(H,44,45)/t30-/m0/s1. The van der Waals surface area contributed by atoms with Gasteiger partial charge in [0, 0.05) is 51.7 Å². The molecule has 0 fully saturated rings. The Hall–Kier alpha value is -2.49. The molecule has 0 saturated heterocycles. The molecular weight excluding hydrogens is 588 g/mol. The maximum atomic E-state index is 12.7. The smallest absolute Gasteiger partial charge is 0.326 e. The molecule has 2 N–H and O–H groups in total. The first kappa shape index (κ1) is 43.5. The summed E-state index contributed by atoms with van der Waals surface area (Å²) in [5.74, 6) is -2.10. The highest BCUT2D eigenvalue weighted by atomic mass is 16.5. The van der Waals surface area contributed by atoms with Crippen LogP contribution in [0, 0.1) is 5.41 Å². The first-order chi connectivity index (χ1) is 21.8. The highest BCUT2D eigenvalue weighted by Gasteiger charge is 2.27. The first-order valence-electron chi connectivity index (χ1n) is 17.8. The number of carboxylic acids is 2. The average Bonchev–Trinajstić information content (AvgIpc) is 2.98. The van der Waals surface area contributed by atoms with Crippen molar-refractivity contribution in [1.82, 2.24) is 9.80 Å². The maximum Gasteiger partial charge on any atom is 0.326 e. The van der Waals surface area contributed by atoms with E-state index in [1.54, 1.807) is 7.05 Å². The zero-order valence-corrected chi connectivity index (χ0v) is 29.8. The van der Waals surface area contributed by atoms with E-state index in [4.69, 9.17) is 9.84 Å². The van der Waals surface area contributed by atoms with Gasteiger partial charge in [0.05, 0.1) is 13.2 Å². The Kier molecular flexibility index (Phi) is 25.1. The van der Waals surface area contributed by atoms with Crippen LogP contribution in [-0.4, -0.2) is 89.4 Å². The van der Waals surface area contributed by atoms with E-state index in [-0.39, 0.29) is 30.4 Å². The van der Waals surface area contributed by atoms with Gasteiger partial charge in [-0.05, 0) is 19.3 Å². The number of likely N-dealkylation sites (N-methyl/N-ethyl adjacent to an activating group) is 2. The van der Waals surface area contributed by atoms with Crippen LogP contribution in [0.4, 0.5) is 0 Å². The molecule has 0 radical (unpaired) electrons. The Morgan fingerprint density at radius 1 is 0.587 bits per heavy atom. The minimum Gasteiger partial charge on any atom is -0.481 e. The molecule has 0 aliphatic heterocycles. The lowest BCUT2D eigenvalue weighted by Gasteiger charge is -2.26. The van der Waals surface area contributed by atoms with Crippen molar-refractivity contribution in [2.45, 2.75) is 162 Å². The van der Waals surface area contributed by atoms with Crippen LogP contribution in [0.1, 0.15) is 156 Å². The Labute approximate surface area is 279 Å². The number of hydrogen-bond acceptors (Lipinski definition) is 6. The Balaban J connectivity index is 3.92. The summed E-state index contributed by atoms with van der Waals surface area (Å²) in [6, 6.07) is -1.04. The van der Waals surface area contributed by atoms with E-state index < -0.39 is 23.4 Å². The Morgan fingerprint density at radius 2 is 1.02 bits per heavy atom. The molecule has 46 heavy (non-hydrogen) atoms. The van der Waals surface area contributed by atoms with Crippen molar-refractivity contribution in [3.05, 3.63) is 0 Å². The van der Waals surface area contributed by atoms with E-state index in [0.717, 1.165) is 44.9 Å². The third kappa shape index (κ3) is 23.8. The summed E-state index contributed by atoms with van der Waals surface area (Å²) in [5.41, 5.74) is -0.401. The minimum absolute atomic E-state index is 0.0190. The van der Waals surface area contributed by atoms with Crippen molar-refractivity contribution < 1.29 is 38.9 Å². The monoisotopic (exact) mass is 654 g/mol. The van der Waals surface area contributed by atoms with Gasteiger partial charge >= 0.3 is 11.9 Å². The molecule has 2 amide bonds. The second-order valence-corrected chi connectivity index (χ2v) is 13.8. The van der Waals surface area contributed by atoms with Crippen LogP contribution in [0.2, 0.25) is 0 Å². The fourth-order valence-corrected chi connectivity index (χ4v) is 5.28. The number of hydrogen-bond donors (Lipinski definition) is 2. The number of unbranched alkanes of at least 4 members (excludes halogenated alkanes) is 15. The van der Waals surface area contributed by atoms with Gasteiger partial charge in [-0.15, -0.1) is 0 Å². The first-order valence-corrected chi connectivity index (χ1v) is 17.8. The summed E-state index contributed by atoms with van der Waals surface area (Å²) in [6.07, 6.45) is 19.2. The van der Waals surface area contributed by atoms with Crippen LogP contribution in [0.3, 0.4) is 0 Å². The van der Waals surface area contributed by atoms with Crippen molar-refractivity contribution >= 4 is 29.5 Å². The van der Waals surface area contributed by atoms with Gasteiger partial charge in [0.2, 0.25) is 11.8 Å². The molecule has 0 heterocycles. The van der Waals surface area contributed by atoms with Crippen LogP contribution in [-0.2, 0) is 28.7 Å². The van der Waals surface area contributed by atoms with Crippen molar-refractivity contribution in [1.29, 1.82) is 0 Å². The number of carboxylic acid groups (broad SMARTS) is 2. The zero-order chi connectivity index (χ0) is 34.8. The Morgan fingerprint density at radius 3 is 1.43 bits per heavy atom. The third-order valence-corrected chi connectivity index (χ3v) is 8.62. The summed E-state index contributed by atoms with van der Waals surface area (Å²) in [5, 5.41) is 18.3. The second-order valence-electron chi connectivity index (χ2n) is 13.8. The molecule has 10 heteroatoms. The van der Waals surface area contributed by atoms with E-state index in [9.17, 15) is 29.1 Å². The van der Waals surface area contributed by atoms with Gasteiger partial charge in [-0.3, -0.25) is 19.2 Å². The maximum absolute atomic E-state index is 12.7. The van der Waals surface area contributed by atoms with E-state index >= 15 is 0 Å². The number of ketones is 1. The summed E-state index contributed by atoms with van der Waals surface area (Å²) < 4.78 is 5.50. The van der Waals surface area contributed by atoms with Gasteiger partial charge in [-0.25, -0.2) is 4.79 Å². The fourth-order valence-electron chi connectivity index (χ4n) is 5.28. The van der Waals surface area contributed by atoms with Crippen molar-refractivity contribution in [2.24, 2.45) is 5.41 Å². The number of carbonyl (C=O) groups excluding carboxylic acids is 3. The van der Waals surface area contributed by atoms with Crippen molar-refractivity contribution in [3.8, 4) is 0 Å². The fraction of sp³-hybridized carbons (Fsp3) is 0.861. The van der Waals surface area contributed by atoms with Crippen molar-refractivity contribution in [3.63, 3.8) is 0 Å². The number of carbonyl (C=O) groups is 5. The van der Waals surface area contributed by atoms with Gasteiger partial charge in [0.1, 0.15) is 11.8 Å². The number of amides is 2. The predicted molar refractivity (Wildman–Crippen MR) is 182 cm³/mol. The van der Waals surface area contributed by atoms with Crippen LogP contribution in [0.15, 0.2) is 0 Å². The van der Waals surface area contributed by atoms with Gasteiger partial charge in [0.15, 0.2) is 0 Å². The largest absolute Gasteiger partial charge is 0.481 e. The second kappa shape index (κ2) is 26.6. The minimum atomic E-state index is -1.11. The van der Waals surface area contributed by atoms with Crippen LogP contribution >= 0.6 is 0 Å². The number of Topliss-reactive ketones (excluding diaryl/α,β-unsaturated/α-hetero) is 1. The molecule has 0 aromatic rings. The normalized spacial score (nSPS) is 12.1. The molecular formula is C36H66N2O8. The molecule has 0 spiro atoms. The molecule has 268 valence electrons. The summed E-state index contributed by atoms with van der Waals surface area (Å²) in [7, 11) is 3.14. The van der Waals surface area contributed by atoms with Gasteiger partial charge in [-0.1, -0.05) is 111 Å². The van der Waals surface area contributed by atoms with Crippen LogP contribution in [0.25, 0.3) is 0 Å². The zero-order valence-electron chi connectivity index (χ0n) is 29.8. The number of nitrogens with zero attached hydrogens (tertiary/aromatic N) is 2. The molecule has 0 aromatic heterocycles. The molecule has 10 nitrogen and oxygen atoms in total. The van der Waals surface area contributed by atoms with E-state index in [2.05, 4.69) is 0 Å². The highest BCUT2D eigenvalue weighted by molar-refractivity contribution is 5.84. The van der Waals surface area contributed by atoms with Gasteiger partial charge in [-0.2, -0.15) is 0 Å². The van der Waals surface area contributed by atoms with Crippen molar-refractivity contribution in [2.75, 3.05) is 33.9 Å². The average molecular weight is 655 g/mol. The van der Waals surface area contributed by atoms with Gasteiger partial charge in [0.25, 0.3) is 0 Å². The molecule has 0 aliphatic rings. The van der Waals surface area contributed by atoms with Crippen LogP contribution in [0.5, 0.6) is 0 Å². The van der Waals surface area contributed by atoms with E-state index in [1.807, 2.05) is 20.8 Å². The summed E-state index contributed by atoms with van der Waals surface area (Å²) >= 11 is 0. The lowest BCUT2D eigenvalue weighted by Crippen LogP contribution is -2.43. The molecule has 0 aliphatic carbocycles. The lowest BCUT2D eigenvalue weighted by atomic mass is 9.89. The SMILES string of the molecule is CN(CCOCCC(=O)C(C)(C)C)C(=O)CC[C@@H](C(=O)O)N(C)C(=O)CCCCCCCCCCCCCCCCCCC(=O)O. The molecule has 0 unspecified atom stereocenters. The van der Waals surface area contributed by atoms with E-state index in [1.165, 1.54) is 74.6 Å². The number of rotatable bonds is 30. The summed E-state index contributed by atoms with van der Waals surface area (Å²) in [6.45, 7) is 6.54. The highest BCUT2D eigenvalue weighted by Crippen LogP contribution is 2.17. The summed E-state index contributed by atoms with van der Waals surface area (Å²) in [4.78, 5) is 62.3. The lowest BCUT2D eigenvalue weighted by molar-refractivity contribution is -0.149. The molecule has 0 saturated carbocycles. The van der Waals surface area contributed by atoms with Gasteiger partial charge < -0.3 is 24.7 Å².